The van der Waals surface area contributed by atoms with Gasteiger partial charge >= 0.3 is 0 Å². The maximum atomic E-state index is 10.0. The lowest BCUT2D eigenvalue weighted by atomic mass is 10.0. The molecule has 100 valence electrons. The molecule has 1 aromatic carbocycles. The molecule has 1 fully saturated rings. The Morgan fingerprint density at radius 2 is 2.22 bits per heavy atom. The van der Waals surface area contributed by atoms with Crippen molar-refractivity contribution < 1.29 is 9.84 Å². The highest BCUT2D eigenvalue weighted by molar-refractivity contribution is 6.35. The summed E-state index contributed by atoms with van der Waals surface area (Å²) in [5, 5.41) is 11.3. The zero-order valence-electron chi connectivity index (χ0n) is 10.2. The quantitative estimate of drug-likeness (QED) is 0.892. The molecule has 0 bridgehead atoms. The average molecular weight is 289 g/mol. The molecular formula is C14H18Cl2O2. The van der Waals surface area contributed by atoms with E-state index < -0.39 is 0 Å². The van der Waals surface area contributed by atoms with Crippen LogP contribution >= 0.6 is 23.2 Å². The molecule has 2 rings (SSSR count). The first-order valence-corrected chi connectivity index (χ1v) is 7.14. The van der Waals surface area contributed by atoms with Crippen LogP contribution in [0.4, 0.5) is 0 Å². The predicted molar refractivity (Wildman–Crippen MR) is 74.4 cm³/mol. The molecule has 0 amide bonds. The number of benzene rings is 1. The van der Waals surface area contributed by atoms with Gasteiger partial charge in [-0.1, -0.05) is 29.3 Å². The van der Waals surface area contributed by atoms with Crippen molar-refractivity contribution in [2.75, 3.05) is 6.61 Å². The van der Waals surface area contributed by atoms with Gasteiger partial charge in [-0.25, -0.2) is 0 Å². The van der Waals surface area contributed by atoms with Gasteiger partial charge in [-0.3, -0.25) is 0 Å². The van der Waals surface area contributed by atoms with Gasteiger partial charge in [0.1, 0.15) is 0 Å². The summed E-state index contributed by atoms with van der Waals surface area (Å²) in [6.07, 6.45) is 4.48. The Bertz CT molecular complexity index is 389. The lowest BCUT2D eigenvalue weighted by Crippen LogP contribution is -2.15. The van der Waals surface area contributed by atoms with E-state index in [4.69, 9.17) is 27.9 Å². The minimum Gasteiger partial charge on any atom is -0.393 e. The fourth-order valence-electron chi connectivity index (χ4n) is 2.29. The van der Waals surface area contributed by atoms with Crippen LogP contribution in [-0.4, -0.2) is 23.9 Å². The zero-order chi connectivity index (χ0) is 13.0. The van der Waals surface area contributed by atoms with Crippen molar-refractivity contribution in [3.05, 3.63) is 33.8 Å². The third kappa shape index (κ3) is 4.13. The summed E-state index contributed by atoms with van der Waals surface area (Å²) in [4.78, 5) is 0. The van der Waals surface area contributed by atoms with Gasteiger partial charge in [0.25, 0.3) is 0 Å². The van der Waals surface area contributed by atoms with Gasteiger partial charge in [-0.15, -0.1) is 0 Å². The predicted octanol–water partition coefficient (Wildman–Crippen LogP) is 3.86. The van der Waals surface area contributed by atoms with Crippen molar-refractivity contribution >= 4 is 23.2 Å². The van der Waals surface area contributed by atoms with Crippen LogP contribution < -0.4 is 0 Å². The fourth-order valence-corrected chi connectivity index (χ4v) is 2.78. The molecule has 0 aromatic heterocycles. The first-order valence-electron chi connectivity index (χ1n) is 6.39. The van der Waals surface area contributed by atoms with E-state index in [2.05, 4.69) is 0 Å². The van der Waals surface area contributed by atoms with Crippen LogP contribution in [0.2, 0.25) is 10.0 Å². The van der Waals surface area contributed by atoms with Crippen LogP contribution in [0.1, 0.15) is 31.2 Å². The largest absolute Gasteiger partial charge is 0.393 e. The van der Waals surface area contributed by atoms with Gasteiger partial charge < -0.3 is 9.84 Å². The number of aliphatic hydroxyl groups is 1. The van der Waals surface area contributed by atoms with Crippen molar-refractivity contribution in [2.45, 2.75) is 44.3 Å². The normalized spacial score (nSPS) is 21.2. The van der Waals surface area contributed by atoms with Gasteiger partial charge in [0.2, 0.25) is 0 Å². The van der Waals surface area contributed by atoms with E-state index in [1.54, 1.807) is 12.1 Å². The molecule has 1 heterocycles. The number of ether oxygens (including phenoxy) is 1. The molecule has 1 N–H and O–H groups in total. The van der Waals surface area contributed by atoms with Gasteiger partial charge in [-0.05, 0) is 49.8 Å². The van der Waals surface area contributed by atoms with E-state index in [0.29, 0.717) is 22.6 Å². The lowest BCUT2D eigenvalue weighted by molar-refractivity contribution is 0.0813. The molecule has 1 aliphatic rings. The molecule has 1 aliphatic heterocycles. The van der Waals surface area contributed by atoms with Crippen LogP contribution in [0.25, 0.3) is 0 Å². The molecule has 1 saturated heterocycles. The van der Waals surface area contributed by atoms with Gasteiger partial charge in [0, 0.05) is 16.7 Å². The molecular weight excluding hydrogens is 271 g/mol. The standard InChI is InChI=1S/C14H18Cl2O2/c15-11-4-3-10(14(16)9-11)8-12(17)5-6-13-2-1-7-18-13/h3-4,9,12-13,17H,1-2,5-8H2. The van der Waals surface area contributed by atoms with Crippen LogP contribution in [0.3, 0.4) is 0 Å². The number of halogens is 2. The smallest absolute Gasteiger partial charge is 0.0582 e. The van der Waals surface area contributed by atoms with E-state index >= 15 is 0 Å². The molecule has 18 heavy (non-hydrogen) atoms. The number of hydrogen-bond donors (Lipinski definition) is 1. The van der Waals surface area contributed by atoms with Gasteiger partial charge in [0.15, 0.2) is 0 Å². The van der Waals surface area contributed by atoms with E-state index in [0.717, 1.165) is 37.9 Å². The summed E-state index contributed by atoms with van der Waals surface area (Å²) < 4.78 is 5.54. The Labute approximate surface area is 118 Å². The highest BCUT2D eigenvalue weighted by Crippen LogP contribution is 2.24. The van der Waals surface area contributed by atoms with Crippen LogP contribution in [0, 0.1) is 0 Å². The van der Waals surface area contributed by atoms with Gasteiger partial charge in [-0.2, -0.15) is 0 Å². The monoisotopic (exact) mass is 288 g/mol. The Morgan fingerprint density at radius 1 is 1.39 bits per heavy atom. The second-order valence-corrected chi connectivity index (χ2v) is 5.65. The van der Waals surface area contributed by atoms with E-state index in [-0.39, 0.29) is 6.10 Å². The Balaban J connectivity index is 1.80. The molecule has 2 nitrogen and oxygen atoms in total. The third-order valence-electron chi connectivity index (χ3n) is 3.32. The van der Waals surface area contributed by atoms with Crippen LogP contribution in [0.15, 0.2) is 18.2 Å². The second kappa shape index (κ2) is 6.76. The van der Waals surface area contributed by atoms with Crippen molar-refractivity contribution in [1.29, 1.82) is 0 Å². The molecule has 0 spiro atoms. The zero-order valence-corrected chi connectivity index (χ0v) is 11.8. The minimum atomic E-state index is -0.368. The molecule has 0 radical (unpaired) electrons. The topological polar surface area (TPSA) is 29.5 Å². The van der Waals surface area contributed by atoms with E-state index in [1.807, 2.05) is 6.07 Å². The summed E-state index contributed by atoms with van der Waals surface area (Å²) in [5.41, 5.74) is 0.945. The van der Waals surface area contributed by atoms with E-state index in [9.17, 15) is 5.11 Å². The molecule has 4 heteroatoms. The Hall–Kier alpha value is -0.280. The summed E-state index contributed by atoms with van der Waals surface area (Å²) >= 11 is 11.9. The lowest BCUT2D eigenvalue weighted by Gasteiger charge is -2.14. The maximum Gasteiger partial charge on any atom is 0.0582 e. The summed E-state index contributed by atoms with van der Waals surface area (Å²) in [6.45, 7) is 0.865. The molecule has 2 unspecified atom stereocenters. The first kappa shape index (κ1) is 14.1. The Kier molecular flexibility index (Phi) is 5.31. The minimum absolute atomic E-state index is 0.334. The van der Waals surface area contributed by atoms with Gasteiger partial charge in [0.05, 0.1) is 12.2 Å². The molecule has 0 aliphatic carbocycles. The number of hydrogen-bond acceptors (Lipinski definition) is 2. The summed E-state index contributed by atoms with van der Waals surface area (Å²) in [5.74, 6) is 0. The Morgan fingerprint density at radius 3 is 2.89 bits per heavy atom. The van der Waals surface area contributed by atoms with Crippen molar-refractivity contribution in [3.63, 3.8) is 0 Å². The molecule has 0 saturated carbocycles. The third-order valence-corrected chi connectivity index (χ3v) is 3.90. The van der Waals surface area contributed by atoms with Crippen molar-refractivity contribution in [1.82, 2.24) is 0 Å². The van der Waals surface area contributed by atoms with Crippen LogP contribution in [-0.2, 0) is 11.2 Å². The van der Waals surface area contributed by atoms with Crippen LogP contribution in [0.5, 0.6) is 0 Å². The van der Waals surface area contributed by atoms with Crippen molar-refractivity contribution in [3.8, 4) is 0 Å². The molecule has 2 atom stereocenters. The molecule has 1 aromatic rings. The highest BCUT2D eigenvalue weighted by Gasteiger charge is 2.17. The van der Waals surface area contributed by atoms with Crippen molar-refractivity contribution in [2.24, 2.45) is 0 Å². The summed E-state index contributed by atoms with van der Waals surface area (Å²) in [6, 6.07) is 5.39. The SMILES string of the molecule is OC(CCC1CCCO1)Cc1ccc(Cl)cc1Cl. The number of rotatable bonds is 5. The summed E-state index contributed by atoms with van der Waals surface area (Å²) in [7, 11) is 0. The highest BCUT2D eigenvalue weighted by atomic mass is 35.5. The fraction of sp³-hybridized carbons (Fsp3) is 0.571. The number of aliphatic hydroxyl groups excluding tert-OH is 1. The first-order chi connectivity index (χ1) is 8.65. The maximum absolute atomic E-state index is 10.0. The average Bonchev–Trinajstić information content (AvgIpc) is 2.83. The second-order valence-electron chi connectivity index (χ2n) is 4.81. The van der Waals surface area contributed by atoms with E-state index in [1.165, 1.54) is 0 Å².